The lowest BCUT2D eigenvalue weighted by atomic mass is 9.99. The molecule has 2 rings (SSSR count). The van der Waals surface area contributed by atoms with Crippen molar-refractivity contribution >= 4 is 16.7 Å². The second-order valence-electron chi connectivity index (χ2n) is 3.57. The van der Waals surface area contributed by atoms with Crippen molar-refractivity contribution in [3.8, 4) is 0 Å². The molecule has 0 aliphatic rings. The van der Waals surface area contributed by atoms with Gasteiger partial charge in [0.15, 0.2) is 0 Å². The van der Waals surface area contributed by atoms with Gasteiger partial charge < -0.3 is 5.73 Å². The molecule has 2 aromatic rings. The number of fused-ring (bicyclic) bond motifs is 1. The lowest BCUT2D eigenvalue weighted by molar-refractivity contribution is 0.0999. The summed E-state index contributed by atoms with van der Waals surface area (Å²) < 4.78 is 0. The molecule has 76 valence electrons. The van der Waals surface area contributed by atoms with E-state index in [1.165, 1.54) is 0 Å². The Hall–Kier alpha value is -1.83. The van der Waals surface area contributed by atoms with Gasteiger partial charge in [0.1, 0.15) is 0 Å². The first-order chi connectivity index (χ1) is 7.22. The zero-order valence-corrected chi connectivity index (χ0v) is 8.66. The number of aryl methyl sites for hydroxylation is 1. The molecular formula is C13H13NO. The van der Waals surface area contributed by atoms with Crippen LogP contribution < -0.4 is 5.73 Å². The molecule has 0 spiro atoms. The van der Waals surface area contributed by atoms with Crippen LogP contribution in [0.2, 0.25) is 0 Å². The molecule has 0 heterocycles. The Morgan fingerprint density at radius 3 is 2.33 bits per heavy atom. The quantitative estimate of drug-likeness (QED) is 0.793. The summed E-state index contributed by atoms with van der Waals surface area (Å²) in [7, 11) is 0. The molecule has 0 unspecified atom stereocenters. The third-order valence-electron chi connectivity index (χ3n) is 2.62. The van der Waals surface area contributed by atoms with Gasteiger partial charge >= 0.3 is 0 Å². The fourth-order valence-electron chi connectivity index (χ4n) is 1.81. The summed E-state index contributed by atoms with van der Waals surface area (Å²) in [6.07, 6.45) is 0.823. The number of carbonyl (C=O) groups excluding carboxylic acids is 1. The molecule has 0 aliphatic carbocycles. The molecule has 0 bridgehead atoms. The zero-order valence-electron chi connectivity index (χ0n) is 8.66. The van der Waals surface area contributed by atoms with E-state index in [2.05, 4.69) is 0 Å². The Morgan fingerprint density at radius 1 is 1.20 bits per heavy atom. The highest BCUT2D eigenvalue weighted by atomic mass is 16.1. The average Bonchev–Trinajstić information content (AvgIpc) is 2.27. The summed E-state index contributed by atoms with van der Waals surface area (Å²) >= 11 is 0. The SMILES string of the molecule is CCc1cc2ccccc2cc1C(N)=O. The summed E-state index contributed by atoms with van der Waals surface area (Å²) in [4.78, 5) is 11.2. The summed E-state index contributed by atoms with van der Waals surface area (Å²) in [6.45, 7) is 2.02. The first-order valence-electron chi connectivity index (χ1n) is 5.04. The minimum absolute atomic E-state index is 0.349. The van der Waals surface area contributed by atoms with Crippen molar-refractivity contribution < 1.29 is 4.79 Å². The van der Waals surface area contributed by atoms with Gasteiger partial charge in [-0.3, -0.25) is 4.79 Å². The van der Waals surface area contributed by atoms with Crippen molar-refractivity contribution in [2.45, 2.75) is 13.3 Å². The van der Waals surface area contributed by atoms with Gasteiger partial charge in [0.2, 0.25) is 5.91 Å². The minimum atomic E-state index is -0.349. The van der Waals surface area contributed by atoms with Crippen molar-refractivity contribution in [3.63, 3.8) is 0 Å². The van der Waals surface area contributed by atoms with E-state index in [9.17, 15) is 4.79 Å². The topological polar surface area (TPSA) is 43.1 Å². The molecule has 0 aliphatic heterocycles. The standard InChI is InChI=1S/C13H13NO/c1-2-9-7-10-5-3-4-6-11(10)8-12(9)13(14)15/h3-8H,2H2,1H3,(H2,14,15). The van der Waals surface area contributed by atoms with E-state index in [1.807, 2.05) is 43.3 Å². The third kappa shape index (κ3) is 1.71. The first kappa shape index (κ1) is 9.71. The molecule has 0 atom stereocenters. The molecular weight excluding hydrogens is 186 g/mol. The van der Waals surface area contributed by atoms with E-state index < -0.39 is 0 Å². The highest BCUT2D eigenvalue weighted by molar-refractivity contribution is 5.99. The summed E-state index contributed by atoms with van der Waals surface area (Å²) in [5.74, 6) is -0.349. The molecule has 15 heavy (non-hydrogen) atoms. The lowest BCUT2D eigenvalue weighted by Gasteiger charge is -2.06. The van der Waals surface area contributed by atoms with Crippen LogP contribution in [0.4, 0.5) is 0 Å². The van der Waals surface area contributed by atoms with Gasteiger partial charge in [0.05, 0.1) is 0 Å². The van der Waals surface area contributed by atoms with Gasteiger partial charge in [0, 0.05) is 5.56 Å². The van der Waals surface area contributed by atoms with Gasteiger partial charge in [-0.15, -0.1) is 0 Å². The maximum Gasteiger partial charge on any atom is 0.248 e. The number of primary amides is 1. The van der Waals surface area contributed by atoms with Crippen LogP contribution in [-0.2, 0) is 6.42 Å². The first-order valence-corrected chi connectivity index (χ1v) is 5.04. The van der Waals surface area contributed by atoms with Crippen molar-refractivity contribution in [1.29, 1.82) is 0 Å². The minimum Gasteiger partial charge on any atom is -0.366 e. The zero-order chi connectivity index (χ0) is 10.8. The number of amides is 1. The average molecular weight is 199 g/mol. The Bertz CT molecular complexity index is 517. The van der Waals surface area contributed by atoms with Crippen molar-refractivity contribution in [2.75, 3.05) is 0 Å². The maximum absolute atomic E-state index is 11.2. The third-order valence-corrected chi connectivity index (χ3v) is 2.62. The van der Waals surface area contributed by atoms with E-state index in [0.717, 1.165) is 22.8 Å². The molecule has 2 N–H and O–H groups in total. The number of hydrogen-bond donors (Lipinski definition) is 1. The molecule has 2 aromatic carbocycles. The van der Waals surface area contributed by atoms with Gasteiger partial charge in [-0.25, -0.2) is 0 Å². The van der Waals surface area contributed by atoms with E-state index in [4.69, 9.17) is 5.73 Å². The van der Waals surface area contributed by atoms with Crippen molar-refractivity contribution in [2.24, 2.45) is 5.73 Å². The van der Waals surface area contributed by atoms with E-state index >= 15 is 0 Å². The fourth-order valence-corrected chi connectivity index (χ4v) is 1.81. The largest absolute Gasteiger partial charge is 0.366 e. The van der Waals surface area contributed by atoms with E-state index in [-0.39, 0.29) is 5.91 Å². The fraction of sp³-hybridized carbons (Fsp3) is 0.154. The number of hydrogen-bond acceptors (Lipinski definition) is 1. The van der Waals surface area contributed by atoms with Crippen LogP contribution in [0.1, 0.15) is 22.8 Å². The van der Waals surface area contributed by atoms with Crippen LogP contribution in [0.3, 0.4) is 0 Å². The number of carbonyl (C=O) groups is 1. The molecule has 0 saturated carbocycles. The Morgan fingerprint density at radius 2 is 1.80 bits per heavy atom. The van der Waals surface area contributed by atoms with Gasteiger partial charge in [-0.1, -0.05) is 37.3 Å². The van der Waals surface area contributed by atoms with Crippen LogP contribution in [0.15, 0.2) is 36.4 Å². The summed E-state index contributed by atoms with van der Waals surface area (Å²) in [5, 5.41) is 2.21. The van der Waals surface area contributed by atoms with Crippen LogP contribution >= 0.6 is 0 Å². The van der Waals surface area contributed by atoms with Crippen molar-refractivity contribution in [1.82, 2.24) is 0 Å². The summed E-state index contributed by atoms with van der Waals surface area (Å²) in [6, 6.07) is 11.9. The predicted molar refractivity (Wildman–Crippen MR) is 61.8 cm³/mol. The van der Waals surface area contributed by atoms with Gasteiger partial charge in [-0.05, 0) is 28.8 Å². The monoisotopic (exact) mass is 199 g/mol. The molecule has 1 amide bonds. The van der Waals surface area contributed by atoms with Crippen LogP contribution in [-0.4, -0.2) is 5.91 Å². The predicted octanol–water partition coefficient (Wildman–Crippen LogP) is 2.50. The van der Waals surface area contributed by atoms with E-state index in [0.29, 0.717) is 5.56 Å². The molecule has 2 nitrogen and oxygen atoms in total. The Labute approximate surface area is 88.7 Å². The molecule has 2 heteroatoms. The maximum atomic E-state index is 11.2. The van der Waals surface area contributed by atoms with Crippen LogP contribution in [0.5, 0.6) is 0 Å². The highest BCUT2D eigenvalue weighted by Crippen LogP contribution is 2.20. The molecule has 0 saturated heterocycles. The number of rotatable bonds is 2. The van der Waals surface area contributed by atoms with Gasteiger partial charge in [-0.2, -0.15) is 0 Å². The molecule has 0 aromatic heterocycles. The molecule has 0 fully saturated rings. The highest BCUT2D eigenvalue weighted by Gasteiger charge is 2.07. The summed E-state index contributed by atoms with van der Waals surface area (Å²) in [5.41, 5.74) is 6.99. The van der Waals surface area contributed by atoms with Crippen LogP contribution in [0, 0.1) is 0 Å². The molecule has 0 radical (unpaired) electrons. The lowest BCUT2D eigenvalue weighted by Crippen LogP contribution is -2.13. The number of benzene rings is 2. The van der Waals surface area contributed by atoms with Crippen molar-refractivity contribution in [3.05, 3.63) is 47.5 Å². The van der Waals surface area contributed by atoms with Gasteiger partial charge in [0.25, 0.3) is 0 Å². The second kappa shape index (κ2) is 3.73. The second-order valence-corrected chi connectivity index (χ2v) is 3.57. The normalized spacial score (nSPS) is 10.5. The van der Waals surface area contributed by atoms with E-state index in [1.54, 1.807) is 0 Å². The van der Waals surface area contributed by atoms with Crippen LogP contribution in [0.25, 0.3) is 10.8 Å². The number of nitrogens with two attached hydrogens (primary N) is 1. The Balaban J connectivity index is 2.74. The Kier molecular flexibility index (Phi) is 2.42. The smallest absolute Gasteiger partial charge is 0.248 e.